The maximum atomic E-state index is 11.7. The zero-order valence-electron chi connectivity index (χ0n) is 8.95. The van der Waals surface area contributed by atoms with E-state index in [4.69, 9.17) is 0 Å². The molecule has 3 heteroatoms. The van der Waals surface area contributed by atoms with Gasteiger partial charge in [-0.1, -0.05) is 18.2 Å². The minimum absolute atomic E-state index is 0.0403. The van der Waals surface area contributed by atoms with Crippen LogP contribution in [0.5, 0.6) is 0 Å². The summed E-state index contributed by atoms with van der Waals surface area (Å²) >= 11 is 4.20. The molecule has 0 saturated heterocycles. The van der Waals surface area contributed by atoms with E-state index >= 15 is 0 Å². The third-order valence-corrected chi connectivity index (χ3v) is 2.52. The molecular weight excluding hydrogens is 206 g/mol. The van der Waals surface area contributed by atoms with Crippen LogP contribution < -0.4 is 5.32 Å². The summed E-state index contributed by atoms with van der Waals surface area (Å²) in [6, 6.07) is 7.36. The highest BCUT2D eigenvalue weighted by atomic mass is 32.1. The number of anilines is 1. The number of hydrogen-bond acceptors (Lipinski definition) is 2. The topological polar surface area (TPSA) is 29.1 Å². The maximum Gasteiger partial charge on any atom is 0.231 e. The highest BCUT2D eigenvalue weighted by Crippen LogP contribution is 2.16. The van der Waals surface area contributed by atoms with Crippen molar-refractivity contribution in [2.75, 3.05) is 5.32 Å². The Morgan fingerprint density at radius 3 is 2.73 bits per heavy atom. The van der Waals surface area contributed by atoms with Crippen molar-refractivity contribution in [3.8, 4) is 0 Å². The summed E-state index contributed by atoms with van der Waals surface area (Å²) < 4.78 is 0. The van der Waals surface area contributed by atoms with Gasteiger partial charge in [-0.3, -0.25) is 4.79 Å². The largest absolute Gasteiger partial charge is 0.326 e. The Hall–Kier alpha value is -1.22. The van der Waals surface area contributed by atoms with E-state index in [9.17, 15) is 4.79 Å². The van der Waals surface area contributed by atoms with Crippen molar-refractivity contribution in [1.82, 2.24) is 0 Å². The molecule has 0 bridgehead atoms. The van der Waals surface area contributed by atoms with Crippen LogP contribution in [0.25, 0.3) is 0 Å². The van der Waals surface area contributed by atoms with E-state index < -0.39 is 0 Å². The van der Waals surface area contributed by atoms with Gasteiger partial charge in [-0.2, -0.15) is 0 Å². The minimum Gasteiger partial charge on any atom is -0.326 e. The summed E-state index contributed by atoms with van der Waals surface area (Å²) in [5.74, 6) is -0.213. The highest BCUT2D eigenvalue weighted by molar-refractivity contribution is 7.80. The molecule has 1 N–H and O–H groups in total. The molecule has 15 heavy (non-hydrogen) atoms. The van der Waals surface area contributed by atoms with Gasteiger partial charge in [0.15, 0.2) is 0 Å². The van der Waals surface area contributed by atoms with Gasteiger partial charge in [-0.15, -0.1) is 12.6 Å². The number of carbonyl (C=O) groups is 1. The summed E-state index contributed by atoms with van der Waals surface area (Å²) in [5.41, 5.74) is 1.62. The molecule has 0 radical (unpaired) electrons. The number of benzene rings is 1. The average Bonchev–Trinajstić information content (AvgIpc) is 2.16. The molecule has 1 amide bonds. The summed E-state index contributed by atoms with van der Waals surface area (Å²) in [6.45, 7) is 7.44. The smallest absolute Gasteiger partial charge is 0.231 e. The first-order chi connectivity index (χ1) is 7.00. The van der Waals surface area contributed by atoms with Gasteiger partial charge in [0.05, 0.1) is 5.92 Å². The number of nitrogens with one attached hydrogen (secondary N) is 1. The van der Waals surface area contributed by atoms with E-state index in [1.165, 1.54) is 0 Å². The van der Waals surface area contributed by atoms with Crippen LogP contribution in [-0.2, 0) is 4.79 Å². The molecule has 0 heterocycles. The van der Waals surface area contributed by atoms with Crippen LogP contribution in [0.2, 0.25) is 0 Å². The van der Waals surface area contributed by atoms with Crippen molar-refractivity contribution >= 4 is 24.2 Å². The molecule has 1 rings (SSSR count). The Morgan fingerprint density at radius 2 is 2.20 bits per heavy atom. The zero-order valence-corrected chi connectivity index (χ0v) is 9.84. The van der Waals surface area contributed by atoms with E-state index in [2.05, 4.69) is 24.5 Å². The van der Waals surface area contributed by atoms with Crippen molar-refractivity contribution in [2.45, 2.75) is 18.7 Å². The first kappa shape index (κ1) is 11.9. The molecule has 2 nitrogen and oxygen atoms in total. The van der Waals surface area contributed by atoms with Crippen LogP contribution in [0.3, 0.4) is 0 Å². The second kappa shape index (κ2) is 5.03. The molecule has 1 unspecified atom stereocenters. The summed E-state index contributed by atoms with van der Waals surface area (Å²) in [4.78, 5) is 12.5. The molecule has 1 aromatic carbocycles. The second-order valence-electron chi connectivity index (χ2n) is 3.61. The van der Waals surface area contributed by atoms with E-state index in [1.807, 2.05) is 38.1 Å². The summed E-state index contributed by atoms with van der Waals surface area (Å²) in [5, 5.41) is 2.82. The first-order valence-electron chi connectivity index (χ1n) is 4.76. The van der Waals surface area contributed by atoms with E-state index in [0.717, 1.165) is 16.2 Å². The van der Waals surface area contributed by atoms with E-state index in [1.54, 1.807) is 0 Å². The number of hydrogen-bond donors (Lipinski definition) is 2. The molecule has 0 fully saturated rings. The van der Waals surface area contributed by atoms with E-state index in [-0.39, 0.29) is 11.8 Å². The van der Waals surface area contributed by atoms with Crippen LogP contribution in [0, 0.1) is 5.92 Å². The van der Waals surface area contributed by atoms with Crippen molar-refractivity contribution in [2.24, 2.45) is 5.92 Å². The Balaban J connectivity index is 2.70. The number of amides is 1. The fraction of sp³-hybridized carbons (Fsp3) is 0.250. The predicted molar refractivity (Wildman–Crippen MR) is 66.3 cm³/mol. The lowest BCUT2D eigenvalue weighted by Crippen LogP contribution is -2.20. The predicted octanol–water partition coefficient (Wildman–Crippen LogP) is 3.13. The number of carbonyl (C=O) groups excluding carboxylic acids is 1. The minimum atomic E-state index is -0.173. The monoisotopic (exact) mass is 221 g/mol. The average molecular weight is 221 g/mol. The van der Waals surface area contributed by atoms with Crippen LogP contribution in [0.4, 0.5) is 5.69 Å². The molecule has 0 aliphatic carbocycles. The van der Waals surface area contributed by atoms with Crippen molar-refractivity contribution in [1.29, 1.82) is 0 Å². The lowest BCUT2D eigenvalue weighted by molar-refractivity contribution is -0.118. The number of rotatable bonds is 3. The summed E-state index contributed by atoms with van der Waals surface area (Å²) in [7, 11) is 0. The van der Waals surface area contributed by atoms with Crippen LogP contribution >= 0.6 is 12.6 Å². The van der Waals surface area contributed by atoms with Gasteiger partial charge in [0.2, 0.25) is 5.91 Å². The second-order valence-corrected chi connectivity index (χ2v) is 4.12. The molecule has 1 atom stereocenters. The van der Waals surface area contributed by atoms with Crippen molar-refractivity contribution < 1.29 is 4.79 Å². The maximum absolute atomic E-state index is 11.7. The van der Waals surface area contributed by atoms with E-state index in [0.29, 0.717) is 0 Å². The molecule has 1 aromatic rings. The molecule has 0 aliphatic rings. The zero-order chi connectivity index (χ0) is 11.4. The Bertz CT molecular complexity index is 387. The highest BCUT2D eigenvalue weighted by Gasteiger charge is 2.12. The molecule has 0 aliphatic heterocycles. The normalized spacial score (nSPS) is 11.9. The summed E-state index contributed by atoms with van der Waals surface area (Å²) in [6.07, 6.45) is 0. The van der Waals surface area contributed by atoms with Crippen LogP contribution in [0.1, 0.15) is 13.8 Å². The van der Waals surface area contributed by atoms with Crippen molar-refractivity contribution in [3.05, 3.63) is 36.4 Å². The third-order valence-electron chi connectivity index (χ3n) is 2.25. The lowest BCUT2D eigenvalue weighted by Gasteiger charge is -2.11. The van der Waals surface area contributed by atoms with Gasteiger partial charge in [-0.25, -0.2) is 0 Å². The van der Waals surface area contributed by atoms with Gasteiger partial charge in [0, 0.05) is 10.6 Å². The molecule has 80 valence electrons. The quantitative estimate of drug-likeness (QED) is 0.596. The fourth-order valence-electron chi connectivity index (χ4n) is 1.06. The van der Waals surface area contributed by atoms with Crippen LogP contribution in [-0.4, -0.2) is 5.91 Å². The SMILES string of the molecule is C=C(C)C(C)C(=O)Nc1cccc(S)c1. The lowest BCUT2D eigenvalue weighted by atomic mass is 10.0. The van der Waals surface area contributed by atoms with Gasteiger partial charge >= 0.3 is 0 Å². The van der Waals surface area contributed by atoms with Gasteiger partial charge in [-0.05, 0) is 32.0 Å². The molecule has 0 spiro atoms. The van der Waals surface area contributed by atoms with Crippen molar-refractivity contribution in [3.63, 3.8) is 0 Å². The Kier molecular flexibility index (Phi) is 3.97. The fourth-order valence-corrected chi connectivity index (χ4v) is 1.28. The first-order valence-corrected chi connectivity index (χ1v) is 5.20. The van der Waals surface area contributed by atoms with Gasteiger partial charge in [0.25, 0.3) is 0 Å². The Labute approximate surface area is 95.8 Å². The van der Waals surface area contributed by atoms with Crippen LogP contribution in [0.15, 0.2) is 41.3 Å². The Morgan fingerprint density at radius 1 is 1.53 bits per heavy atom. The van der Waals surface area contributed by atoms with Gasteiger partial charge in [0.1, 0.15) is 0 Å². The third kappa shape index (κ3) is 3.44. The number of thiol groups is 1. The standard InChI is InChI=1S/C12H15NOS/c1-8(2)9(3)12(14)13-10-5-4-6-11(15)7-10/h4-7,9,15H,1H2,2-3H3,(H,13,14). The molecule has 0 saturated carbocycles. The van der Waals surface area contributed by atoms with Gasteiger partial charge < -0.3 is 5.32 Å². The molecular formula is C12H15NOS. The molecule has 0 aromatic heterocycles.